The van der Waals surface area contributed by atoms with E-state index in [2.05, 4.69) is 0 Å². The van der Waals surface area contributed by atoms with Gasteiger partial charge in [-0.25, -0.2) is 4.79 Å². The third-order valence-electron chi connectivity index (χ3n) is 2.74. The van der Waals surface area contributed by atoms with Crippen LogP contribution in [0.2, 0.25) is 0 Å². The summed E-state index contributed by atoms with van der Waals surface area (Å²) in [5.74, 6) is 0. The van der Waals surface area contributed by atoms with Crippen molar-refractivity contribution < 1.29 is 19.4 Å². The Kier molecular flexibility index (Phi) is 1.07. The first-order chi connectivity index (χ1) is 5.77. The van der Waals surface area contributed by atoms with Gasteiger partial charge in [0.1, 0.15) is 24.9 Å². The molecule has 0 spiro atoms. The van der Waals surface area contributed by atoms with Crippen molar-refractivity contribution in [3.63, 3.8) is 0 Å². The summed E-state index contributed by atoms with van der Waals surface area (Å²) in [4.78, 5) is 12.6. The largest absolute Gasteiger partial charge is 0.447 e. The molecule has 0 bridgehead atoms. The Hall–Kier alpha value is -0.810. The Morgan fingerprint density at radius 3 is 3.25 bits per heavy atom. The van der Waals surface area contributed by atoms with Gasteiger partial charge in [0.25, 0.3) is 0 Å². The van der Waals surface area contributed by atoms with Crippen molar-refractivity contribution in [2.75, 3.05) is 13.2 Å². The Morgan fingerprint density at radius 2 is 2.42 bits per heavy atom. The van der Waals surface area contributed by atoms with Gasteiger partial charge in [-0.1, -0.05) is 0 Å². The second kappa shape index (κ2) is 1.92. The molecule has 3 aliphatic heterocycles. The number of aliphatic hydroxyl groups excluding tert-OH is 1. The van der Waals surface area contributed by atoms with Crippen LogP contribution >= 0.6 is 0 Å². The van der Waals surface area contributed by atoms with Crippen molar-refractivity contribution in [3.8, 4) is 0 Å². The molecule has 0 unspecified atom stereocenters. The Bertz CT molecular complexity index is 244. The number of epoxide rings is 1. The number of carbonyl (C=O) groups excluding carboxylic acids is 1. The molecule has 5 nitrogen and oxygen atoms in total. The average molecular weight is 171 g/mol. The molecule has 3 saturated heterocycles. The van der Waals surface area contributed by atoms with Crippen LogP contribution in [0.5, 0.6) is 0 Å². The van der Waals surface area contributed by atoms with Crippen LogP contribution in [0.15, 0.2) is 0 Å². The molecular weight excluding hydrogens is 162 g/mol. The number of cyclic esters (lactones) is 1. The summed E-state index contributed by atoms with van der Waals surface area (Å²) in [5, 5.41) is 9.61. The molecule has 66 valence electrons. The second-order valence-corrected chi connectivity index (χ2v) is 3.43. The molecule has 3 heterocycles. The van der Waals surface area contributed by atoms with Crippen LogP contribution in [-0.4, -0.2) is 53.6 Å². The van der Waals surface area contributed by atoms with Crippen LogP contribution in [0.3, 0.4) is 0 Å². The van der Waals surface area contributed by atoms with E-state index >= 15 is 0 Å². The van der Waals surface area contributed by atoms with Crippen LogP contribution in [0.25, 0.3) is 0 Å². The Balaban J connectivity index is 1.88. The van der Waals surface area contributed by atoms with Crippen LogP contribution in [0, 0.1) is 0 Å². The summed E-state index contributed by atoms with van der Waals surface area (Å²) in [6.45, 7) is 0.873. The maximum Gasteiger partial charge on any atom is 0.410 e. The number of piperidine rings is 1. The summed E-state index contributed by atoms with van der Waals surface area (Å²) in [5.41, 5.74) is 0. The summed E-state index contributed by atoms with van der Waals surface area (Å²) in [6.07, 6.45) is -0.897. The van der Waals surface area contributed by atoms with E-state index in [4.69, 9.17) is 9.47 Å². The summed E-state index contributed by atoms with van der Waals surface area (Å²) >= 11 is 0. The number of ether oxygens (including phenoxy) is 2. The lowest BCUT2D eigenvalue weighted by Crippen LogP contribution is -2.50. The smallest absolute Gasteiger partial charge is 0.410 e. The van der Waals surface area contributed by atoms with Crippen LogP contribution < -0.4 is 0 Å². The highest BCUT2D eigenvalue weighted by Crippen LogP contribution is 2.36. The van der Waals surface area contributed by atoms with Gasteiger partial charge < -0.3 is 14.6 Å². The monoisotopic (exact) mass is 171 g/mol. The number of hydrogen-bond donors (Lipinski definition) is 1. The summed E-state index contributed by atoms with van der Waals surface area (Å²) in [6, 6.07) is -0.179. The maximum atomic E-state index is 11.1. The summed E-state index contributed by atoms with van der Waals surface area (Å²) < 4.78 is 9.99. The molecule has 12 heavy (non-hydrogen) atoms. The maximum absolute atomic E-state index is 11.1. The van der Waals surface area contributed by atoms with Crippen LogP contribution in [-0.2, 0) is 9.47 Å². The van der Waals surface area contributed by atoms with Crippen molar-refractivity contribution in [3.05, 3.63) is 0 Å². The van der Waals surface area contributed by atoms with E-state index in [0.29, 0.717) is 13.2 Å². The minimum atomic E-state index is -0.560. The van der Waals surface area contributed by atoms with E-state index in [1.54, 1.807) is 4.90 Å². The Labute approximate surface area is 68.9 Å². The van der Waals surface area contributed by atoms with Crippen molar-refractivity contribution in [2.45, 2.75) is 24.4 Å². The fraction of sp³-hybridized carbons (Fsp3) is 0.857. The van der Waals surface area contributed by atoms with Gasteiger partial charge in [0, 0.05) is 0 Å². The van der Waals surface area contributed by atoms with E-state index in [1.807, 2.05) is 0 Å². The lowest BCUT2D eigenvalue weighted by Gasteiger charge is -2.27. The van der Waals surface area contributed by atoms with Gasteiger partial charge >= 0.3 is 6.09 Å². The fourth-order valence-corrected chi connectivity index (χ4v) is 1.97. The first kappa shape index (κ1) is 6.68. The van der Waals surface area contributed by atoms with Gasteiger partial charge in [-0.15, -0.1) is 0 Å². The highest BCUT2D eigenvalue weighted by molar-refractivity contribution is 5.70. The number of rotatable bonds is 0. The zero-order chi connectivity index (χ0) is 8.29. The van der Waals surface area contributed by atoms with Crippen LogP contribution in [0.4, 0.5) is 4.79 Å². The van der Waals surface area contributed by atoms with Gasteiger partial charge in [-0.05, 0) is 0 Å². The number of hydrogen-bond acceptors (Lipinski definition) is 4. The molecule has 3 rings (SSSR count). The van der Waals surface area contributed by atoms with Gasteiger partial charge in [0.15, 0.2) is 0 Å². The quantitative estimate of drug-likeness (QED) is 0.472. The van der Waals surface area contributed by atoms with Crippen LogP contribution in [0.1, 0.15) is 0 Å². The van der Waals surface area contributed by atoms with Gasteiger partial charge in [-0.3, -0.25) is 4.90 Å². The zero-order valence-electron chi connectivity index (χ0n) is 6.34. The first-order valence-electron chi connectivity index (χ1n) is 4.04. The summed E-state index contributed by atoms with van der Waals surface area (Å²) in [7, 11) is 0. The topological polar surface area (TPSA) is 62.3 Å². The van der Waals surface area contributed by atoms with E-state index in [1.165, 1.54) is 0 Å². The predicted octanol–water partition coefficient (Wildman–Crippen LogP) is -1.05. The minimum absolute atomic E-state index is 0.0434. The lowest BCUT2D eigenvalue weighted by molar-refractivity contribution is 0.0585. The number of aliphatic hydroxyl groups is 1. The first-order valence-corrected chi connectivity index (χ1v) is 4.04. The van der Waals surface area contributed by atoms with Crippen molar-refractivity contribution in [1.29, 1.82) is 0 Å². The SMILES string of the molecule is O=C1OC[C@H]2[C@@H](O)[C@H]3O[C@H]3CN12. The lowest BCUT2D eigenvalue weighted by atomic mass is 10.0. The molecule has 4 atom stereocenters. The van der Waals surface area contributed by atoms with E-state index in [0.717, 1.165) is 0 Å². The number of nitrogens with zero attached hydrogens (tertiary/aromatic N) is 1. The molecular formula is C7H9NO4. The van der Waals surface area contributed by atoms with Crippen molar-refractivity contribution >= 4 is 6.09 Å². The minimum Gasteiger partial charge on any atom is -0.447 e. The standard InChI is InChI=1S/C7H9NO4/c9-5-3-2-11-7(10)8(3)1-4-6(5)12-4/h3-6,9H,1-2H2/t3-,4-,5+,6-/m0/s1. The second-order valence-electron chi connectivity index (χ2n) is 3.43. The average Bonchev–Trinajstić information content (AvgIpc) is 2.73. The molecule has 0 aliphatic carbocycles. The van der Waals surface area contributed by atoms with Gasteiger partial charge in [0.05, 0.1) is 12.6 Å². The highest BCUT2D eigenvalue weighted by Gasteiger charge is 2.57. The third kappa shape index (κ3) is 0.676. The van der Waals surface area contributed by atoms with Crippen molar-refractivity contribution in [1.82, 2.24) is 4.90 Å². The molecule has 0 aromatic heterocycles. The molecule has 3 aliphatic rings. The zero-order valence-corrected chi connectivity index (χ0v) is 6.34. The van der Waals surface area contributed by atoms with Crippen molar-refractivity contribution in [2.24, 2.45) is 0 Å². The van der Waals surface area contributed by atoms with Gasteiger partial charge in [-0.2, -0.15) is 0 Å². The predicted molar refractivity (Wildman–Crippen MR) is 36.5 cm³/mol. The number of fused-ring (bicyclic) bond motifs is 2. The van der Waals surface area contributed by atoms with E-state index in [-0.39, 0.29) is 24.3 Å². The molecule has 5 heteroatoms. The number of amides is 1. The Morgan fingerprint density at radius 1 is 1.58 bits per heavy atom. The highest BCUT2D eigenvalue weighted by atomic mass is 16.6. The molecule has 0 aromatic carbocycles. The molecule has 1 N–H and O–H groups in total. The molecule has 0 aromatic rings. The van der Waals surface area contributed by atoms with E-state index in [9.17, 15) is 9.90 Å². The molecule has 0 radical (unpaired) electrons. The fourth-order valence-electron chi connectivity index (χ4n) is 1.97. The van der Waals surface area contributed by atoms with Gasteiger partial charge in [0.2, 0.25) is 0 Å². The molecule has 1 amide bonds. The van der Waals surface area contributed by atoms with E-state index < -0.39 is 6.10 Å². The molecule has 3 fully saturated rings. The number of carbonyl (C=O) groups is 1. The normalized spacial score (nSPS) is 49.8. The molecule has 0 saturated carbocycles. The third-order valence-corrected chi connectivity index (χ3v) is 2.74.